The second kappa shape index (κ2) is 8.31. The van der Waals surface area contributed by atoms with E-state index in [1.807, 2.05) is 0 Å². The SMILES string of the molecule is COCCn1c(N)c(C(=O)CSc2nc3ccc(OC)cc3[nH]2)c(=O)[nH]c1=O. The minimum atomic E-state index is -0.809. The van der Waals surface area contributed by atoms with Gasteiger partial charge in [0.25, 0.3) is 5.56 Å². The summed E-state index contributed by atoms with van der Waals surface area (Å²) in [6, 6.07) is 5.37. The third-order valence-electron chi connectivity index (χ3n) is 4.04. The molecule has 0 saturated heterocycles. The average molecular weight is 405 g/mol. The van der Waals surface area contributed by atoms with E-state index in [-0.39, 0.29) is 30.3 Å². The first kappa shape index (κ1) is 19.7. The number of carbonyl (C=O) groups excluding carboxylic acids is 1. The highest BCUT2D eigenvalue weighted by Crippen LogP contribution is 2.23. The van der Waals surface area contributed by atoms with Crippen molar-refractivity contribution in [2.24, 2.45) is 0 Å². The van der Waals surface area contributed by atoms with Crippen LogP contribution in [0.15, 0.2) is 32.9 Å². The molecular formula is C17H19N5O5S. The highest BCUT2D eigenvalue weighted by atomic mass is 32.2. The normalized spacial score (nSPS) is 11.1. The molecule has 1 aromatic carbocycles. The van der Waals surface area contributed by atoms with E-state index in [4.69, 9.17) is 15.2 Å². The summed E-state index contributed by atoms with van der Waals surface area (Å²) >= 11 is 1.13. The van der Waals surface area contributed by atoms with Crippen LogP contribution in [0.5, 0.6) is 5.75 Å². The molecule has 3 rings (SSSR count). The summed E-state index contributed by atoms with van der Waals surface area (Å²) in [5, 5.41) is 0.513. The molecule has 4 N–H and O–H groups in total. The lowest BCUT2D eigenvalue weighted by atomic mass is 10.2. The maximum absolute atomic E-state index is 12.6. The number of fused-ring (bicyclic) bond motifs is 1. The van der Waals surface area contributed by atoms with Crippen LogP contribution in [0.3, 0.4) is 0 Å². The van der Waals surface area contributed by atoms with E-state index in [1.54, 1.807) is 25.3 Å². The quantitative estimate of drug-likeness (QED) is 0.365. The van der Waals surface area contributed by atoms with Crippen LogP contribution in [0.4, 0.5) is 5.82 Å². The number of methoxy groups -OCH3 is 2. The number of nitrogens with one attached hydrogen (secondary N) is 2. The lowest BCUT2D eigenvalue weighted by Gasteiger charge is -2.11. The molecule has 28 heavy (non-hydrogen) atoms. The van der Waals surface area contributed by atoms with E-state index in [0.717, 1.165) is 27.4 Å². The summed E-state index contributed by atoms with van der Waals surface area (Å²) in [6.45, 7) is 0.331. The Morgan fingerprint density at radius 1 is 1.29 bits per heavy atom. The van der Waals surface area contributed by atoms with Crippen LogP contribution in [-0.2, 0) is 11.3 Å². The third-order valence-corrected chi connectivity index (χ3v) is 4.92. The van der Waals surface area contributed by atoms with E-state index < -0.39 is 17.0 Å². The molecule has 0 amide bonds. The maximum atomic E-state index is 12.6. The van der Waals surface area contributed by atoms with E-state index in [1.165, 1.54) is 7.11 Å². The smallest absolute Gasteiger partial charge is 0.330 e. The molecule has 0 aliphatic carbocycles. The van der Waals surface area contributed by atoms with Crippen LogP contribution >= 0.6 is 11.8 Å². The second-order valence-corrected chi connectivity index (χ2v) is 6.76. The number of Topliss-reactive ketones (excluding diaryl/α,β-unsaturated/α-hetero) is 1. The number of nitrogen functional groups attached to an aromatic ring is 1. The standard InChI is InChI=1S/C17H19N5O5S/c1-26-6-5-22-14(18)13(15(24)21-17(22)25)12(23)8-28-16-19-10-4-3-9(27-2)7-11(10)20-16/h3-4,7H,5-6,8,18H2,1-2H3,(H,19,20)(H,21,24,25). The number of nitrogens with zero attached hydrogens (tertiary/aromatic N) is 2. The van der Waals surface area contributed by atoms with Crippen LogP contribution in [0.1, 0.15) is 10.4 Å². The number of ketones is 1. The molecule has 0 aliphatic heterocycles. The van der Waals surface area contributed by atoms with Crippen LogP contribution in [-0.4, -0.2) is 51.9 Å². The average Bonchev–Trinajstić information content (AvgIpc) is 3.08. The van der Waals surface area contributed by atoms with Crippen molar-refractivity contribution >= 4 is 34.4 Å². The summed E-state index contributed by atoms with van der Waals surface area (Å²) in [7, 11) is 3.04. The van der Waals surface area contributed by atoms with Gasteiger partial charge in [-0.25, -0.2) is 9.78 Å². The van der Waals surface area contributed by atoms with Crippen molar-refractivity contribution in [1.82, 2.24) is 19.5 Å². The first-order chi connectivity index (χ1) is 13.4. The molecule has 0 fully saturated rings. The minimum Gasteiger partial charge on any atom is -0.497 e. The minimum absolute atomic E-state index is 0.0767. The van der Waals surface area contributed by atoms with Crippen molar-refractivity contribution in [2.45, 2.75) is 11.7 Å². The van der Waals surface area contributed by atoms with Crippen LogP contribution in [0.25, 0.3) is 11.0 Å². The summed E-state index contributed by atoms with van der Waals surface area (Å²) < 4.78 is 11.2. The lowest BCUT2D eigenvalue weighted by Crippen LogP contribution is -2.37. The van der Waals surface area contributed by atoms with Gasteiger partial charge in [-0.05, 0) is 12.1 Å². The number of ether oxygens (including phenoxy) is 2. The number of imidazole rings is 1. The molecule has 0 saturated carbocycles. The third kappa shape index (κ3) is 3.94. The molecule has 0 bridgehead atoms. The number of anilines is 1. The van der Waals surface area contributed by atoms with E-state index in [2.05, 4.69) is 15.0 Å². The Bertz CT molecular complexity index is 1130. The van der Waals surface area contributed by atoms with Crippen molar-refractivity contribution in [3.8, 4) is 5.75 Å². The number of rotatable bonds is 8. The fourth-order valence-corrected chi connectivity index (χ4v) is 3.39. The Kier molecular flexibility index (Phi) is 5.85. The Morgan fingerprint density at radius 3 is 2.79 bits per heavy atom. The lowest BCUT2D eigenvalue weighted by molar-refractivity contribution is 0.102. The van der Waals surface area contributed by atoms with Gasteiger partial charge in [0.2, 0.25) is 0 Å². The topological polar surface area (TPSA) is 145 Å². The van der Waals surface area contributed by atoms with Crippen LogP contribution in [0, 0.1) is 0 Å². The second-order valence-electron chi connectivity index (χ2n) is 5.80. The molecule has 0 radical (unpaired) electrons. The monoisotopic (exact) mass is 405 g/mol. The Labute approximate surface area is 163 Å². The van der Waals surface area contributed by atoms with Gasteiger partial charge in [0.1, 0.15) is 17.1 Å². The first-order valence-electron chi connectivity index (χ1n) is 8.26. The molecule has 2 heterocycles. The number of aromatic nitrogens is 4. The maximum Gasteiger partial charge on any atom is 0.330 e. The van der Waals surface area contributed by atoms with Crippen molar-refractivity contribution < 1.29 is 14.3 Å². The van der Waals surface area contributed by atoms with Gasteiger partial charge in [0.05, 0.1) is 37.0 Å². The van der Waals surface area contributed by atoms with Crippen molar-refractivity contribution in [3.63, 3.8) is 0 Å². The Hall–Kier alpha value is -3.05. The summed E-state index contributed by atoms with van der Waals surface area (Å²) in [4.78, 5) is 46.2. The van der Waals surface area contributed by atoms with Gasteiger partial charge in [-0.1, -0.05) is 11.8 Å². The zero-order chi connectivity index (χ0) is 20.3. The van der Waals surface area contributed by atoms with E-state index >= 15 is 0 Å². The summed E-state index contributed by atoms with van der Waals surface area (Å²) in [5.74, 6) is -0.0766. The fourth-order valence-electron chi connectivity index (χ4n) is 2.63. The molecular weight excluding hydrogens is 386 g/mol. The predicted octanol–water partition coefficient (Wildman–Crippen LogP) is 0.625. The molecule has 3 aromatic rings. The molecule has 11 heteroatoms. The largest absolute Gasteiger partial charge is 0.497 e. The molecule has 148 valence electrons. The highest BCUT2D eigenvalue weighted by molar-refractivity contribution is 7.99. The van der Waals surface area contributed by atoms with Gasteiger partial charge in [-0.3, -0.25) is 19.1 Å². The number of benzene rings is 1. The number of H-pyrrole nitrogens is 2. The summed E-state index contributed by atoms with van der Waals surface area (Å²) in [5.41, 5.74) is 5.65. The predicted molar refractivity (Wildman–Crippen MR) is 105 cm³/mol. The molecule has 0 unspecified atom stereocenters. The number of hydrogen-bond acceptors (Lipinski definition) is 8. The highest BCUT2D eigenvalue weighted by Gasteiger charge is 2.20. The van der Waals surface area contributed by atoms with Gasteiger partial charge in [-0.2, -0.15) is 0 Å². The van der Waals surface area contributed by atoms with Crippen LogP contribution in [0.2, 0.25) is 0 Å². The number of hydrogen-bond donors (Lipinski definition) is 3. The van der Waals surface area contributed by atoms with Gasteiger partial charge < -0.3 is 20.2 Å². The van der Waals surface area contributed by atoms with Crippen molar-refractivity contribution in [1.29, 1.82) is 0 Å². The van der Waals surface area contributed by atoms with E-state index in [9.17, 15) is 14.4 Å². The molecule has 0 atom stereocenters. The van der Waals surface area contributed by atoms with Gasteiger partial charge in [0, 0.05) is 13.2 Å². The molecule has 10 nitrogen and oxygen atoms in total. The Balaban J connectivity index is 1.81. The molecule has 0 aliphatic rings. The molecule has 0 spiro atoms. The fraction of sp³-hybridized carbons (Fsp3) is 0.294. The van der Waals surface area contributed by atoms with Gasteiger partial charge in [-0.15, -0.1) is 0 Å². The first-order valence-corrected chi connectivity index (χ1v) is 9.24. The summed E-state index contributed by atoms with van der Waals surface area (Å²) in [6.07, 6.45) is 0. The number of carbonyl (C=O) groups is 1. The molecule has 2 aromatic heterocycles. The Morgan fingerprint density at radius 2 is 2.07 bits per heavy atom. The number of thioether (sulfide) groups is 1. The van der Waals surface area contributed by atoms with Crippen molar-refractivity contribution in [3.05, 3.63) is 44.6 Å². The van der Waals surface area contributed by atoms with E-state index in [0.29, 0.717) is 10.9 Å². The van der Waals surface area contributed by atoms with Gasteiger partial charge in [0.15, 0.2) is 10.9 Å². The zero-order valence-electron chi connectivity index (χ0n) is 15.3. The zero-order valence-corrected chi connectivity index (χ0v) is 16.1. The number of nitrogens with two attached hydrogens (primary N) is 1. The van der Waals surface area contributed by atoms with Crippen molar-refractivity contribution in [2.75, 3.05) is 32.3 Å². The van der Waals surface area contributed by atoms with Gasteiger partial charge >= 0.3 is 5.69 Å². The van der Waals surface area contributed by atoms with Crippen LogP contribution < -0.4 is 21.7 Å². The number of aromatic amines is 2.